The third kappa shape index (κ3) is 5.13. The smallest absolute Gasteiger partial charge is 0.164 e. The van der Waals surface area contributed by atoms with E-state index in [0.29, 0.717) is 17.5 Å². The maximum Gasteiger partial charge on any atom is 0.164 e. The van der Waals surface area contributed by atoms with Crippen molar-refractivity contribution in [3.8, 4) is 56.7 Å². The zero-order chi connectivity index (χ0) is 40.0. The Bertz CT molecular complexity index is 3740. The Labute approximate surface area is 355 Å². The predicted molar refractivity (Wildman–Crippen MR) is 252 cm³/mol. The predicted octanol–water partition coefficient (Wildman–Crippen LogP) is 14.4. The molecule has 0 radical (unpaired) electrons. The molecule has 61 heavy (non-hydrogen) atoms. The molecular weight excluding hydrogens is 763 g/mol. The van der Waals surface area contributed by atoms with Gasteiger partial charge in [-0.2, -0.15) is 0 Å². The quantitative estimate of drug-likeness (QED) is 0.174. The minimum Gasteiger partial charge on any atom is -0.294 e. The maximum atomic E-state index is 5.36. The van der Waals surface area contributed by atoms with Gasteiger partial charge in [0.25, 0.3) is 0 Å². The Morgan fingerprint density at radius 1 is 0.328 bits per heavy atom. The molecule has 0 fully saturated rings. The number of benzene rings is 9. The van der Waals surface area contributed by atoms with Crippen LogP contribution in [0.2, 0.25) is 0 Å². The van der Waals surface area contributed by atoms with Crippen molar-refractivity contribution in [1.82, 2.24) is 24.1 Å². The molecule has 9 aromatic carbocycles. The first-order valence-electron chi connectivity index (χ1n) is 20.5. The van der Waals surface area contributed by atoms with Crippen LogP contribution in [0, 0.1) is 0 Å². The van der Waals surface area contributed by atoms with Crippen molar-refractivity contribution >= 4 is 66.1 Å². The molecule has 3 aromatic heterocycles. The van der Waals surface area contributed by atoms with Crippen molar-refractivity contribution in [3.63, 3.8) is 0 Å². The lowest BCUT2D eigenvalue weighted by Crippen LogP contribution is -2.06. The number of nitrogens with zero attached hydrogens (tertiary/aromatic N) is 5. The molecular formula is C55H33N5S. The van der Waals surface area contributed by atoms with Gasteiger partial charge in [-0.25, -0.2) is 15.0 Å². The molecule has 284 valence electrons. The maximum absolute atomic E-state index is 5.36. The van der Waals surface area contributed by atoms with Crippen LogP contribution in [0.15, 0.2) is 210 Å². The van der Waals surface area contributed by atoms with Crippen LogP contribution in [0.25, 0.3) is 111 Å². The van der Waals surface area contributed by atoms with E-state index in [9.17, 15) is 0 Å². The van der Waals surface area contributed by atoms with E-state index in [1.54, 1.807) is 0 Å². The molecule has 0 bridgehead atoms. The second-order valence-electron chi connectivity index (χ2n) is 15.5. The summed E-state index contributed by atoms with van der Waals surface area (Å²) in [5.41, 5.74) is 11.1. The Morgan fingerprint density at radius 2 is 0.852 bits per heavy atom. The third-order valence-corrected chi connectivity index (χ3v) is 13.3. The number of fused-ring (bicyclic) bond motifs is 9. The van der Waals surface area contributed by atoms with E-state index in [1.807, 2.05) is 30.0 Å². The lowest BCUT2D eigenvalue weighted by atomic mass is 9.94. The Morgan fingerprint density at radius 3 is 1.61 bits per heavy atom. The molecule has 0 N–H and O–H groups in total. The summed E-state index contributed by atoms with van der Waals surface area (Å²) >= 11 is 1.85. The highest BCUT2D eigenvalue weighted by Gasteiger charge is 2.28. The summed E-state index contributed by atoms with van der Waals surface area (Å²) in [6, 6.07) is 71.2. The molecule has 6 heteroatoms. The fourth-order valence-electron chi connectivity index (χ4n) is 9.54. The van der Waals surface area contributed by atoms with Crippen molar-refractivity contribution in [2.24, 2.45) is 0 Å². The summed E-state index contributed by atoms with van der Waals surface area (Å²) in [5, 5.41) is 8.18. The van der Waals surface area contributed by atoms with Gasteiger partial charge in [-0.1, -0.05) is 169 Å². The van der Waals surface area contributed by atoms with Crippen molar-refractivity contribution in [1.29, 1.82) is 0 Å². The van der Waals surface area contributed by atoms with Gasteiger partial charge in [0.05, 0.1) is 22.4 Å². The van der Waals surface area contributed by atoms with Crippen LogP contribution in [0.1, 0.15) is 0 Å². The van der Waals surface area contributed by atoms with E-state index in [4.69, 9.17) is 15.0 Å². The summed E-state index contributed by atoms with van der Waals surface area (Å²) in [7, 11) is 0. The first-order valence-corrected chi connectivity index (χ1v) is 21.4. The highest BCUT2D eigenvalue weighted by atomic mass is 32.2. The first kappa shape index (κ1) is 34.1. The van der Waals surface area contributed by atoms with E-state index in [1.165, 1.54) is 48.3 Å². The van der Waals surface area contributed by atoms with Crippen molar-refractivity contribution in [3.05, 3.63) is 200 Å². The van der Waals surface area contributed by atoms with Crippen LogP contribution in [0.5, 0.6) is 0 Å². The summed E-state index contributed by atoms with van der Waals surface area (Å²) in [6.45, 7) is 0. The first-order chi connectivity index (χ1) is 30.3. The third-order valence-electron chi connectivity index (χ3n) is 12.2. The topological polar surface area (TPSA) is 48.5 Å². The van der Waals surface area contributed by atoms with Gasteiger partial charge in [0, 0.05) is 48.0 Å². The van der Waals surface area contributed by atoms with E-state index in [2.05, 4.69) is 191 Å². The summed E-state index contributed by atoms with van der Waals surface area (Å²) in [4.78, 5) is 18.3. The van der Waals surface area contributed by atoms with E-state index in [0.717, 1.165) is 55.1 Å². The minimum absolute atomic E-state index is 0.629. The highest BCUT2D eigenvalue weighted by Crippen LogP contribution is 2.50. The number of rotatable bonds is 5. The van der Waals surface area contributed by atoms with Crippen molar-refractivity contribution in [2.75, 3.05) is 0 Å². The fraction of sp³-hybridized carbons (Fsp3) is 0. The number of para-hydroxylation sites is 3. The molecule has 0 amide bonds. The molecule has 12 aromatic rings. The van der Waals surface area contributed by atoms with Crippen LogP contribution in [0.3, 0.4) is 0 Å². The molecule has 5 nitrogen and oxygen atoms in total. The normalized spacial score (nSPS) is 12.2. The molecule has 1 aliphatic rings. The Hall–Kier alpha value is -7.80. The van der Waals surface area contributed by atoms with Crippen molar-refractivity contribution < 1.29 is 0 Å². The lowest BCUT2D eigenvalue weighted by Gasteiger charge is -2.21. The van der Waals surface area contributed by atoms with Crippen LogP contribution >= 0.6 is 11.8 Å². The number of hydrogen-bond acceptors (Lipinski definition) is 4. The van der Waals surface area contributed by atoms with E-state index >= 15 is 0 Å². The number of hydrogen-bond donors (Lipinski definition) is 0. The molecule has 0 atom stereocenters. The van der Waals surface area contributed by atoms with Crippen LogP contribution in [-0.2, 0) is 0 Å². The minimum atomic E-state index is 0.629. The monoisotopic (exact) mass is 795 g/mol. The highest BCUT2D eigenvalue weighted by molar-refractivity contribution is 7.99. The largest absolute Gasteiger partial charge is 0.294 e. The van der Waals surface area contributed by atoms with Crippen molar-refractivity contribution in [2.45, 2.75) is 9.79 Å². The Balaban J connectivity index is 1.07. The standard InChI is InChI=1S/C55H33N5S/c1-3-16-34(17-4-1)36-30-31-41(38-21-8-7-20-37(36)38)53-56-52(35-18-5-2-6-19-35)57-54(58-53)42-32-33-46(40-23-10-9-22-39(40)42)59-45-26-12-11-24-43(45)50-44-25-15-29-49-51(44)60(55(50)59)47-27-13-14-28-48(47)61-49/h1-33H. The molecule has 0 aliphatic carbocycles. The van der Waals surface area contributed by atoms with Gasteiger partial charge in [-0.15, -0.1) is 0 Å². The lowest BCUT2D eigenvalue weighted by molar-refractivity contribution is 1.03. The zero-order valence-electron chi connectivity index (χ0n) is 32.7. The van der Waals surface area contributed by atoms with Gasteiger partial charge in [0.1, 0.15) is 5.65 Å². The second kappa shape index (κ2) is 13.4. The van der Waals surface area contributed by atoms with Gasteiger partial charge in [0.15, 0.2) is 17.5 Å². The molecule has 0 unspecified atom stereocenters. The van der Waals surface area contributed by atoms with Gasteiger partial charge >= 0.3 is 0 Å². The van der Waals surface area contributed by atoms with Crippen LogP contribution < -0.4 is 0 Å². The summed E-state index contributed by atoms with van der Waals surface area (Å²) in [5.74, 6) is 1.90. The van der Waals surface area contributed by atoms with Gasteiger partial charge in [0.2, 0.25) is 0 Å². The average Bonchev–Trinajstić information content (AvgIpc) is 3.85. The zero-order valence-corrected chi connectivity index (χ0v) is 33.5. The molecule has 13 rings (SSSR count). The van der Waals surface area contributed by atoms with E-state index < -0.39 is 0 Å². The summed E-state index contributed by atoms with van der Waals surface area (Å²) < 4.78 is 4.97. The second-order valence-corrected chi connectivity index (χ2v) is 16.6. The van der Waals surface area contributed by atoms with Gasteiger partial charge in [-0.3, -0.25) is 9.13 Å². The van der Waals surface area contributed by atoms with Gasteiger partial charge < -0.3 is 0 Å². The molecule has 1 aliphatic heterocycles. The number of aromatic nitrogens is 5. The van der Waals surface area contributed by atoms with Crippen LogP contribution in [0.4, 0.5) is 0 Å². The fourth-order valence-corrected chi connectivity index (χ4v) is 10.6. The van der Waals surface area contributed by atoms with E-state index in [-0.39, 0.29) is 0 Å². The molecule has 4 heterocycles. The Kier molecular flexibility index (Phi) is 7.47. The SMILES string of the molecule is c1ccc(-c2nc(-c3ccc(-c4ccccc4)c4ccccc34)nc(-c3ccc(-n4c5ccccc5c5c6cccc7c6n(c54)-c4ccccc4S7)c4ccccc34)n2)cc1. The molecule has 0 saturated carbocycles. The van der Waals surface area contributed by atoms with Crippen LogP contribution in [-0.4, -0.2) is 24.1 Å². The molecule has 0 spiro atoms. The molecule has 0 saturated heterocycles. The average molecular weight is 796 g/mol. The summed E-state index contributed by atoms with van der Waals surface area (Å²) in [6.07, 6.45) is 0. The van der Waals surface area contributed by atoms with Gasteiger partial charge in [-0.05, 0) is 69.8 Å².